The molecule has 116 valence electrons. The van der Waals surface area contributed by atoms with E-state index in [1.807, 2.05) is 16.7 Å². The van der Waals surface area contributed by atoms with Crippen LogP contribution >= 0.6 is 34.5 Å². The third-order valence-corrected chi connectivity index (χ3v) is 4.67. The van der Waals surface area contributed by atoms with Crippen LogP contribution in [0.5, 0.6) is 0 Å². The Morgan fingerprint density at radius 3 is 2.30 bits per heavy atom. The second kappa shape index (κ2) is 6.16. The van der Waals surface area contributed by atoms with Gasteiger partial charge in [-0.2, -0.15) is 0 Å². The first-order valence-corrected chi connectivity index (χ1v) is 7.95. The average Bonchev–Trinajstić information content (AvgIpc) is 2.91. The summed E-state index contributed by atoms with van der Waals surface area (Å²) in [6.07, 6.45) is 1.43. The van der Waals surface area contributed by atoms with Gasteiger partial charge in [0.1, 0.15) is 5.57 Å². The summed E-state index contributed by atoms with van der Waals surface area (Å²) in [7, 11) is 0. The smallest absolute Gasteiger partial charge is 0.273 e. The number of urea groups is 1. The summed E-state index contributed by atoms with van der Waals surface area (Å²) in [6, 6.07) is 7.94. The largest absolute Gasteiger partial charge is 0.328 e. The molecule has 5 nitrogen and oxygen atoms in total. The zero-order valence-corrected chi connectivity index (χ0v) is 13.7. The van der Waals surface area contributed by atoms with Crippen LogP contribution in [-0.4, -0.2) is 17.8 Å². The number of carbonyl (C=O) groups is 3. The Morgan fingerprint density at radius 2 is 1.65 bits per heavy atom. The first kappa shape index (κ1) is 15.7. The molecule has 1 aliphatic rings. The predicted octanol–water partition coefficient (Wildman–Crippen LogP) is 3.47. The van der Waals surface area contributed by atoms with Crippen LogP contribution in [0.4, 0.5) is 4.79 Å². The zero-order chi connectivity index (χ0) is 16.6. The van der Waals surface area contributed by atoms with Crippen molar-refractivity contribution in [2.75, 3.05) is 0 Å². The van der Waals surface area contributed by atoms with Gasteiger partial charge in [-0.15, -0.1) is 11.3 Å². The van der Waals surface area contributed by atoms with Gasteiger partial charge in [-0.3, -0.25) is 20.2 Å². The summed E-state index contributed by atoms with van der Waals surface area (Å²) < 4.78 is 0. The number of barbiturate groups is 1. The molecule has 0 spiro atoms. The van der Waals surface area contributed by atoms with Gasteiger partial charge < -0.3 is 0 Å². The van der Waals surface area contributed by atoms with Gasteiger partial charge in [0.05, 0.1) is 5.02 Å². The number of hydrogen-bond donors (Lipinski definition) is 2. The molecule has 2 N–H and O–H groups in total. The van der Waals surface area contributed by atoms with E-state index in [2.05, 4.69) is 0 Å². The number of thiophene rings is 1. The molecule has 1 saturated heterocycles. The molecule has 1 aromatic carbocycles. The third-order valence-electron chi connectivity index (χ3n) is 3.05. The molecule has 0 aliphatic carbocycles. The monoisotopic (exact) mass is 366 g/mol. The van der Waals surface area contributed by atoms with E-state index < -0.39 is 17.8 Å². The first-order valence-electron chi connectivity index (χ1n) is 6.37. The second-order valence-electron chi connectivity index (χ2n) is 4.62. The van der Waals surface area contributed by atoms with Crippen LogP contribution in [0.2, 0.25) is 10.0 Å². The van der Waals surface area contributed by atoms with Crippen LogP contribution in [0.1, 0.15) is 4.88 Å². The Morgan fingerprint density at radius 1 is 0.957 bits per heavy atom. The molecule has 2 aromatic rings. The van der Waals surface area contributed by atoms with Gasteiger partial charge in [0.25, 0.3) is 11.8 Å². The minimum absolute atomic E-state index is 0.125. The van der Waals surface area contributed by atoms with Crippen molar-refractivity contribution in [1.82, 2.24) is 10.6 Å². The van der Waals surface area contributed by atoms with E-state index in [1.54, 1.807) is 24.3 Å². The van der Waals surface area contributed by atoms with Crippen LogP contribution in [0, 0.1) is 0 Å². The number of nitrogens with one attached hydrogen (secondary N) is 2. The maximum absolute atomic E-state index is 11.7. The van der Waals surface area contributed by atoms with Crippen LogP contribution in [0.25, 0.3) is 16.5 Å². The highest BCUT2D eigenvalue weighted by Crippen LogP contribution is 2.35. The van der Waals surface area contributed by atoms with Crippen molar-refractivity contribution in [2.45, 2.75) is 0 Å². The summed E-state index contributed by atoms with van der Waals surface area (Å²) in [5, 5.41) is 5.10. The minimum Gasteiger partial charge on any atom is -0.273 e. The van der Waals surface area contributed by atoms with Crippen molar-refractivity contribution in [3.63, 3.8) is 0 Å². The van der Waals surface area contributed by atoms with E-state index in [-0.39, 0.29) is 5.57 Å². The average molecular weight is 367 g/mol. The number of amides is 4. The Hall–Kier alpha value is -2.15. The molecule has 2 heterocycles. The number of imide groups is 2. The van der Waals surface area contributed by atoms with Crippen LogP contribution in [0.3, 0.4) is 0 Å². The predicted molar refractivity (Wildman–Crippen MR) is 89.4 cm³/mol. The van der Waals surface area contributed by atoms with Gasteiger partial charge in [0.2, 0.25) is 0 Å². The Labute approximate surface area is 144 Å². The summed E-state index contributed by atoms with van der Waals surface area (Å²) in [5.74, 6) is -1.45. The van der Waals surface area contributed by atoms with Gasteiger partial charge in [0, 0.05) is 20.3 Å². The van der Waals surface area contributed by atoms with E-state index in [1.165, 1.54) is 17.4 Å². The van der Waals surface area contributed by atoms with E-state index in [9.17, 15) is 14.4 Å². The number of halogens is 2. The van der Waals surface area contributed by atoms with Gasteiger partial charge >= 0.3 is 6.03 Å². The summed E-state index contributed by atoms with van der Waals surface area (Å²) in [4.78, 5) is 36.0. The first-order chi connectivity index (χ1) is 10.9. The van der Waals surface area contributed by atoms with Crippen LogP contribution in [0.15, 0.2) is 35.9 Å². The van der Waals surface area contributed by atoms with Crippen molar-refractivity contribution in [2.24, 2.45) is 0 Å². The lowest BCUT2D eigenvalue weighted by Crippen LogP contribution is -2.51. The quantitative estimate of drug-likeness (QED) is 0.631. The summed E-state index contributed by atoms with van der Waals surface area (Å²) in [6.45, 7) is 0. The van der Waals surface area contributed by atoms with E-state index in [0.717, 1.165) is 10.4 Å². The molecule has 1 aliphatic heterocycles. The molecule has 23 heavy (non-hydrogen) atoms. The molecule has 3 rings (SSSR count). The molecule has 0 radical (unpaired) electrons. The molecule has 0 unspecified atom stereocenters. The fourth-order valence-corrected chi connectivity index (χ4v) is 3.57. The molecular weight excluding hydrogens is 359 g/mol. The summed E-state index contributed by atoms with van der Waals surface area (Å²) in [5.41, 5.74) is 0.679. The van der Waals surface area contributed by atoms with Crippen molar-refractivity contribution in [1.29, 1.82) is 0 Å². The number of rotatable bonds is 2. The van der Waals surface area contributed by atoms with E-state index in [4.69, 9.17) is 23.2 Å². The van der Waals surface area contributed by atoms with Crippen molar-refractivity contribution in [3.05, 3.63) is 50.8 Å². The van der Waals surface area contributed by atoms with Crippen molar-refractivity contribution in [3.8, 4) is 10.4 Å². The number of carbonyl (C=O) groups excluding carboxylic acids is 3. The maximum atomic E-state index is 11.7. The molecule has 0 atom stereocenters. The molecule has 4 amide bonds. The van der Waals surface area contributed by atoms with E-state index in [0.29, 0.717) is 14.9 Å². The topological polar surface area (TPSA) is 75.3 Å². The summed E-state index contributed by atoms with van der Waals surface area (Å²) >= 11 is 13.4. The molecule has 8 heteroatoms. The number of benzene rings is 1. The Balaban J connectivity index is 1.93. The maximum Gasteiger partial charge on any atom is 0.328 e. The molecule has 1 fully saturated rings. The number of hydrogen-bond acceptors (Lipinski definition) is 4. The molecule has 1 aromatic heterocycles. The zero-order valence-electron chi connectivity index (χ0n) is 11.4. The second-order valence-corrected chi connectivity index (χ2v) is 6.58. The molecule has 0 bridgehead atoms. The lowest BCUT2D eigenvalue weighted by molar-refractivity contribution is -0.123. The highest BCUT2D eigenvalue weighted by molar-refractivity contribution is 7.16. The SMILES string of the molecule is O=C1NC(=O)C(=Cc2ccc(-c3ccc(Cl)cc3Cl)s2)C(=O)N1. The van der Waals surface area contributed by atoms with E-state index >= 15 is 0 Å². The highest BCUT2D eigenvalue weighted by Gasteiger charge is 2.27. The van der Waals surface area contributed by atoms with Crippen LogP contribution < -0.4 is 10.6 Å². The minimum atomic E-state index is -0.822. The van der Waals surface area contributed by atoms with Gasteiger partial charge in [-0.1, -0.05) is 29.3 Å². The molecular formula is C15H8Cl2N2O3S. The Kier molecular flexibility index (Phi) is 4.21. The normalized spacial score (nSPS) is 14.5. The van der Waals surface area contributed by atoms with Crippen molar-refractivity contribution >= 4 is 58.5 Å². The highest BCUT2D eigenvalue weighted by atomic mass is 35.5. The third kappa shape index (κ3) is 3.29. The molecule has 0 saturated carbocycles. The lowest BCUT2D eigenvalue weighted by Gasteiger charge is -2.13. The van der Waals surface area contributed by atoms with Gasteiger partial charge in [-0.05, 0) is 30.3 Å². The van der Waals surface area contributed by atoms with Gasteiger partial charge in [0.15, 0.2) is 0 Å². The lowest BCUT2D eigenvalue weighted by atomic mass is 10.1. The standard InChI is InChI=1S/C15H8Cl2N2O3S/c16-7-1-3-9(11(17)5-7)12-4-2-8(23-12)6-10-13(20)18-15(22)19-14(10)21/h1-6H,(H2,18,19,20,21,22). The van der Waals surface area contributed by atoms with Crippen LogP contribution in [-0.2, 0) is 9.59 Å². The fourth-order valence-electron chi connectivity index (χ4n) is 2.01. The fraction of sp³-hybridized carbons (Fsp3) is 0. The Bertz CT molecular complexity index is 851. The van der Waals surface area contributed by atoms with Crippen molar-refractivity contribution < 1.29 is 14.4 Å². The van der Waals surface area contributed by atoms with Gasteiger partial charge in [-0.25, -0.2) is 4.79 Å².